The molecule has 0 unspecified atom stereocenters. The number of anilines is 1. The molecule has 1 heterocycles. The summed E-state index contributed by atoms with van der Waals surface area (Å²) in [5.41, 5.74) is 0. The lowest BCUT2D eigenvalue weighted by Gasteiger charge is -2.09. The molecule has 1 aromatic heterocycles. The minimum Gasteiger partial charge on any atom is -0.493 e. The van der Waals surface area contributed by atoms with Crippen molar-refractivity contribution in [3.63, 3.8) is 0 Å². The summed E-state index contributed by atoms with van der Waals surface area (Å²) in [7, 11) is 1.54. The van der Waals surface area contributed by atoms with Crippen molar-refractivity contribution in [2.24, 2.45) is 0 Å². The summed E-state index contributed by atoms with van der Waals surface area (Å²) in [4.78, 5) is 12.0. The molecule has 7 nitrogen and oxygen atoms in total. The quantitative estimate of drug-likeness (QED) is 0.655. The van der Waals surface area contributed by atoms with E-state index in [-0.39, 0.29) is 19.1 Å². The number of benzene rings is 2. The SMILES string of the molecule is COc1ccccc1OCC(=O)Nc1nnc(COc2ccccc2)s1. The van der Waals surface area contributed by atoms with Crippen molar-refractivity contribution in [2.45, 2.75) is 6.61 Å². The smallest absolute Gasteiger partial charge is 0.264 e. The van der Waals surface area contributed by atoms with E-state index in [1.165, 1.54) is 11.3 Å². The van der Waals surface area contributed by atoms with Crippen molar-refractivity contribution in [2.75, 3.05) is 19.0 Å². The van der Waals surface area contributed by atoms with Gasteiger partial charge in [-0.2, -0.15) is 0 Å². The molecule has 0 aliphatic heterocycles. The number of para-hydroxylation sites is 3. The number of nitrogens with zero attached hydrogens (tertiary/aromatic N) is 2. The first-order valence-corrected chi connectivity index (χ1v) is 8.62. The highest BCUT2D eigenvalue weighted by molar-refractivity contribution is 7.15. The molecule has 3 aromatic rings. The normalized spacial score (nSPS) is 10.2. The molecular weight excluding hydrogens is 354 g/mol. The van der Waals surface area contributed by atoms with Gasteiger partial charge in [-0.15, -0.1) is 10.2 Å². The molecule has 134 valence electrons. The topological polar surface area (TPSA) is 82.6 Å². The summed E-state index contributed by atoms with van der Waals surface area (Å²) in [6, 6.07) is 16.5. The van der Waals surface area contributed by atoms with Gasteiger partial charge in [0.25, 0.3) is 5.91 Å². The molecule has 0 aliphatic carbocycles. The van der Waals surface area contributed by atoms with Gasteiger partial charge in [0.15, 0.2) is 23.1 Å². The molecule has 0 radical (unpaired) electrons. The lowest BCUT2D eigenvalue weighted by Crippen LogP contribution is -2.20. The largest absolute Gasteiger partial charge is 0.493 e. The van der Waals surface area contributed by atoms with E-state index in [0.717, 1.165) is 5.75 Å². The van der Waals surface area contributed by atoms with Crippen LogP contribution in [-0.4, -0.2) is 29.8 Å². The van der Waals surface area contributed by atoms with Crippen molar-refractivity contribution in [3.05, 3.63) is 59.6 Å². The third kappa shape index (κ3) is 4.93. The van der Waals surface area contributed by atoms with E-state index in [4.69, 9.17) is 14.2 Å². The van der Waals surface area contributed by atoms with Crippen LogP contribution in [0.15, 0.2) is 54.6 Å². The van der Waals surface area contributed by atoms with Crippen molar-refractivity contribution in [3.8, 4) is 17.2 Å². The van der Waals surface area contributed by atoms with Gasteiger partial charge in [0.1, 0.15) is 12.4 Å². The van der Waals surface area contributed by atoms with Crippen molar-refractivity contribution >= 4 is 22.4 Å². The number of rotatable bonds is 8. The average Bonchev–Trinajstić information content (AvgIpc) is 3.13. The molecule has 3 rings (SSSR count). The highest BCUT2D eigenvalue weighted by Crippen LogP contribution is 2.25. The van der Waals surface area contributed by atoms with Gasteiger partial charge in [-0.3, -0.25) is 10.1 Å². The monoisotopic (exact) mass is 371 g/mol. The van der Waals surface area contributed by atoms with E-state index < -0.39 is 0 Å². The van der Waals surface area contributed by atoms with Crippen LogP contribution in [0.5, 0.6) is 17.2 Å². The van der Waals surface area contributed by atoms with Crippen LogP contribution >= 0.6 is 11.3 Å². The fourth-order valence-corrected chi connectivity index (χ4v) is 2.73. The van der Waals surface area contributed by atoms with Gasteiger partial charge < -0.3 is 14.2 Å². The summed E-state index contributed by atoms with van der Waals surface area (Å²) >= 11 is 1.25. The summed E-state index contributed by atoms with van der Waals surface area (Å²) < 4.78 is 16.2. The minimum absolute atomic E-state index is 0.157. The van der Waals surface area contributed by atoms with Crippen LogP contribution in [0.4, 0.5) is 5.13 Å². The van der Waals surface area contributed by atoms with Gasteiger partial charge in [0, 0.05) is 0 Å². The van der Waals surface area contributed by atoms with Gasteiger partial charge in [0.05, 0.1) is 7.11 Å². The summed E-state index contributed by atoms with van der Waals surface area (Å²) in [6.45, 7) is 0.130. The number of carbonyl (C=O) groups is 1. The predicted octanol–water partition coefficient (Wildman–Crippen LogP) is 3.14. The first kappa shape index (κ1) is 17.7. The Hall–Kier alpha value is -3.13. The van der Waals surface area contributed by atoms with Crippen LogP contribution in [0.2, 0.25) is 0 Å². The number of methoxy groups -OCH3 is 1. The Morgan fingerprint density at radius 3 is 2.50 bits per heavy atom. The standard InChI is InChI=1S/C18H17N3O4S/c1-23-14-9-5-6-10-15(14)25-11-16(22)19-18-21-20-17(26-18)12-24-13-7-3-2-4-8-13/h2-10H,11-12H2,1H3,(H,19,21,22). The molecule has 26 heavy (non-hydrogen) atoms. The second-order valence-electron chi connectivity index (χ2n) is 5.09. The maximum atomic E-state index is 12.0. The average molecular weight is 371 g/mol. The number of carbonyl (C=O) groups excluding carboxylic acids is 1. The fraction of sp³-hybridized carbons (Fsp3) is 0.167. The summed E-state index contributed by atoms with van der Waals surface area (Å²) in [6.07, 6.45) is 0. The molecule has 0 saturated heterocycles. The second kappa shape index (κ2) is 8.82. The van der Waals surface area contributed by atoms with E-state index in [1.807, 2.05) is 36.4 Å². The minimum atomic E-state index is -0.331. The Labute approximate surface area is 154 Å². The third-order valence-electron chi connectivity index (χ3n) is 3.25. The van der Waals surface area contributed by atoms with E-state index >= 15 is 0 Å². The molecule has 0 aliphatic rings. The Kier molecular flexibility index (Phi) is 6.00. The first-order chi connectivity index (χ1) is 12.7. The van der Waals surface area contributed by atoms with Crippen molar-refractivity contribution in [1.29, 1.82) is 0 Å². The molecule has 8 heteroatoms. The van der Waals surface area contributed by atoms with Crippen LogP contribution in [0, 0.1) is 0 Å². The zero-order chi connectivity index (χ0) is 18.2. The van der Waals surface area contributed by atoms with Crippen LogP contribution < -0.4 is 19.5 Å². The van der Waals surface area contributed by atoms with Gasteiger partial charge >= 0.3 is 0 Å². The maximum Gasteiger partial charge on any atom is 0.264 e. The second-order valence-corrected chi connectivity index (χ2v) is 6.15. The number of ether oxygens (including phenoxy) is 3. The zero-order valence-corrected chi connectivity index (χ0v) is 14.9. The highest BCUT2D eigenvalue weighted by Gasteiger charge is 2.11. The maximum absolute atomic E-state index is 12.0. The number of hydrogen-bond donors (Lipinski definition) is 1. The Balaban J connectivity index is 1.48. The predicted molar refractivity (Wildman–Crippen MR) is 97.8 cm³/mol. The van der Waals surface area contributed by atoms with E-state index in [0.29, 0.717) is 21.6 Å². The summed E-state index contributed by atoms with van der Waals surface area (Å²) in [5.74, 6) is 1.48. The van der Waals surface area contributed by atoms with Crippen LogP contribution in [0.1, 0.15) is 5.01 Å². The fourth-order valence-electron chi connectivity index (χ4n) is 2.06. The number of nitrogens with one attached hydrogen (secondary N) is 1. The third-order valence-corrected chi connectivity index (χ3v) is 4.06. The van der Waals surface area contributed by atoms with Crippen molar-refractivity contribution in [1.82, 2.24) is 10.2 Å². The Morgan fingerprint density at radius 1 is 1.00 bits per heavy atom. The molecular formula is C18H17N3O4S. The zero-order valence-electron chi connectivity index (χ0n) is 14.0. The summed E-state index contributed by atoms with van der Waals surface area (Å²) in [5, 5.41) is 11.6. The Bertz CT molecular complexity index is 854. The Morgan fingerprint density at radius 2 is 1.73 bits per heavy atom. The molecule has 1 amide bonds. The molecule has 0 atom stereocenters. The molecule has 1 N–H and O–H groups in total. The van der Waals surface area contributed by atoms with Gasteiger partial charge in [-0.05, 0) is 24.3 Å². The van der Waals surface area contributed by atoms with Crippen LogP contribution in [-0.2, 0) is 11.4 Å². The van der Waals surface area contributed by atoms with E-state index in [2.05, 4.69) is 15.5 Å². The molecule has 0 bridgehead atoms. The van der Waals surface area contributed by atoms with Gasteiger partial charge in [-0.1, -0.05) is 41.7 Å². The van der Waals surface area contributed by atoms with E-state index in [1.54, 1.807) is 25.3 Å². The van der Waals surface area contributed by atoms with Crippen LogP contribution in [0.3, 0.4) is 0 Å². The number of aromatic nitrogens is 2. The highest BCUT2D eigenvalue weighted by atomic mass is 32.1. The molecule has 0 spiro atoms. The molecule has 2 aromatic carbocycles. The van der Waals surface area contributed by atoms with Gasteiger partial charge in [0.2, 0.25) is 5.13 Å². The van der Waals surface area contributed by atoms with Gasteiger partial charge in [-0.25, -0.2) is 0 Å². The number of amides is 1. The first-order valence-electron chi connectivity index (χ1n) is 7.80. The molecule has 0 saturated carbocycles. The van der Waals surface area contributed by atoms with Crippen molar-refractivity contribution < 1.29 is 19.0 Å². The lowest BCUT2D eigenvalue weighted by molar-refractivity contribution is -0.118. The number of hydrogen-bond acceptors (Lipinski definition) is 7. The lowest BCUT2D eigenvalue weighted by atomic mass is 10.3. The van der Waals surface area contributed by atoms with Crippen LogP contribution in [0.25, 0.3) is 0 Å². The molecule has 0 fully saturated rings. The van der Waals surface area contributed by atoms with E-state index in [9.17, 15) is 4.79 Å².